The molecule has 0 aliphatic rings. The summed E-state index contributed by atoms with van der Waals surface area (Å²) in [4.78, 5) is 8.16. The van der Waals surface area contributed by atoms with Crippen molar-refractivity contribution in [3.05, 3.63) is 65.7 Å². The van der Waals surface area contributed by atoms with Gasteiger partial charge in [0.1, 0.15) is 17.8 Å². The molecule has 0 unspecified atom stereocenters. The van der Waals surface area contributed by atoms with Crippen LogP contribution >= 0.6 is 11.6 Å². The Hall–Kier alpha value is -2.86. The predicted octanol–water partition coefficient (Wildman–Crippen LogP) is 4.34. The van der Waals surface area contributed by atoms with E-state index in [2.05, 4.69) is 20.6 Å². The van der Waals surface area contributed by atoms with E-state index < -0.39 is 5.82 Å². The van der Waals surface area contributed by atoms with Gasteiger partial charge in [-0.2, -0.15) is 0 Å². The quantitative estimate of drug-likeness (QED) is 0.664. The highest BCUT2D eigenvalue weighted by Crippen LogP contribution is 2.29. The summed E-state index contributed by atoms with van der Waals surface area (Å²) in [5, 5.41) is 6.57. The second kappa shape index (κ2) is 6.50. The number of nitrogens with zero attached hydrogens (tertiary/aromatic N) is 2. The monoisotopic (exact) mass is 329 g/mol. The van der Waals surface area contributed by atoms with Crippen molar-refractivity contribution in [1.82, 2.24) is 9.97 Å². The lowest BCUT2D eigenvalue weighted by Crippen LogP contribution is -2.05. The maximum atomic E-state index is 13.7. The minimum Gasteiger partial charge on any atom is -0.393 e. The molecular formula is C16H13ClFN5. The van der Waals surface area contributed by atoms with Crippen LogP contribution in [0.1, 0.15) is 0 Å². The Kier molecular flexibility index (Phi) is 4.25. The van der Waals surface area contributed by atoms with Crippen molar-refractivity contribution in [2.75, 3.05) is 16.4 Å². The fourth-order valence-corrected chi connectivity index (χ4v) is 2.08. The zero-order chi connectivity index (χ0) is 16.2. The molecule has 0 saturated heterocycles. The first-order valence-electron chi connectivity index (χ1n) is 6.78. The molecule has 0 spiro atoms. The number of anilines is 5. The van der Waals surface area contributed by atoms with Crippen LogP contribution in [0.2, 0.25) is 5.02 Å². The van der Waals surface area contributed by atoms with Crippen LogP contribution in [0.3, 0.4) is 0 Å². The van der Waals surface area contributed by atoms with Crippen LogP contribution in [0, 0.1) is 5.82 Å². The Balaban J connectivity index is 1.86. The fraction of sp³-hybridized carbons (Fsp3) is 0. The molecular weight excluding hydrogens is 317 g/mol. The van der Waals surface area contributed by atoms with Crippen molar-refractivity contribution >= 4 is 40.3 Å². The van der Waals surface area contributed by atoms with Gasteiger partial charge in [-0.1, -0.05) is 23.7 Å². The van der Waals surface area contributed by atoms with Gasteiger partial charge in [0.25, 0.3) is 0 Å². The number of halogens is 2. The van der Waals surface area contributed by atoms with Crippen LogP contribution in [0.4, 0.5) is 33.1 Å². The van der Waals surface area contributed by atoms with E-state index in [1.54, 1.807) is 42.5 Å². The number of benzene rings is 2. The minimum absolute atomic E-state index is 0.283. The molecule has 5 nitrogen and oxygen atoms in total. The fourth-order valence-electron chi connectivity index (χ4n) is 1.95. The van der Waals surface area contributed by atoms with Gasteiger partial charge in [-0.3, -0.25) is 0 Å². The van der Waals surface area contributed by atoms with E-state index >= 15 is 0 Å². The third-order valence-electron chi connectivity index (χ3n) is 3.12. The highest BCUT2D eigenvalue weighted by atomic mass is 35.5. The summed E-state index contributed by atoms with van der Waals surface area (Å²) in [6, 6.07) is 13.4. The molecule has 3 rings (SSSR count). The molecule has 1 heterocycles. The van der Waals surface area contributed by atoms with E-state index in [4.69, 9.17) is 17.3 Å². The molecule has 3 aromatic rings. The molecule has 0 saturated carbocycles. The van der Waals surface area contributed by atoms with Gasteiger partial charge < -0.3 is 16.4 Å². The number of hydrogen-bond acceptors (Lipinski definition) is 5. The average molecular weight is 330 g/mol. The van der Waals surface area contributed by atoms with Crippen LogP contribution in [-0.4, -0.2) is 9.97 Å². The molecule has 0 fully saturated rings. The SMILES string of the molecule is Nc1c(Nc2ccc(Cl)cc2)ncnc1Nc1ccccc1F. The predicted molar refractivity (Wildman–Crippen MR) is 90.9 cm³/mol. The third kappa shape index (κ3) is 3.49. The van der Waals surface area contributed by atoms with Gasteiger partial charge in [-0.15, -0.1) is 0 Å². The molecule has 0 atom stereocenters. The number of nitrogen functional groups attached to an aromatic ring is 1. The molecule has 0 aliphatic heterocycles. The van der Waals surface area contributed by atoms with Crippen LogP contribution < -0.4 is 16.4 Å². The number of nitrogens with one attached hydrogen (secondary N) is 2. The van der Waals surface area contributed by atoms with Crippen LogP contribution in [-0.2, 0) is 0 Å². The van der Waals surface area contributed by atoms with Crippen molar-refractivity contribution in [3.8, 4) is 0 Å². The molecule has 0 bridgehead atoms. The maximum absolute atomic E-state index is 13.7. The van der Waals surface area contributed by atoms with Gasteiger partial charge in [-0.05, 0) is 36.4 Å². The summed E-state index contributed by atoms with van der Waals surface area (Å²) in [5.74, 6) is 0.348. The number of nitrogens with two attached hydrogens (primary N) is 1. The van der Waals surface area contributed by atoms with E-state index in [9.17, 15) is 4.39 Å². The van der Waals surface area contributed by atoms with Gasteiger partial charge in [0, 0.05) is 10.7 Å². The van der Waals surface area contributed by atoms with Crippen molar-refractivity contribution in [2.45, 2.75) is 0 Å². The van der Waals surface area contributed by atoms with E-state index in [-0.39, 0.29) is 11.4 Å². The Labute approximate surface area is 137 Å². The Bertz CT molecular complexity index is 823. The topological polar surface area (TPSA) is 75.9 Å². The Morgan fingerprint density at radius 1 is 0.913 bits per heavy atom. The molecule has 0 radical (unpaired) electrons. The van der Waals surface area contributed by atoms with E-state index in [1.165, 1.54) is 12.4 Å². The van der Waals surface area contributed by atoms with E-state index in [0.29, 0.717) is 16.7 Å². The molecule has 0 aliphatic carbocycles. The number of rotatable bonds is 4. The van der Waals surface area contributed by atoms with Gasteiger partial charge in [0.15, 0.2) is 11.6 Å². The lowest BCUT2D eigenvalue weighted by Gasteiger charge is -2.13. The van der Waals surface area contributed by atoms with Crippen molar-refractivity contribution in [2.24, 2.45) is 0 Å². The normalized spacial score (nSPS) is 10.3. The van der Waals surface area contributed by atoms with Gasteiger partial charge >= 0.3 is 0 Å². The summed E-state index contributed by atoms with van der Waals surface area (Å²) in [5.41, 5.74) is 7.41. The zero-order valence-electron chi connectivity index (χ0n) is 11.9. The lowest BCUT2D eigenvalue weighted by atomic mass is 10.3. The number of para-hydroxylation sites is 1. The first-order valence-corrected chi connectivity index (χ1v) is 7.16. The van der Waals surface area contributed by atoms with E-state index in [1.807, 2.05) is 0 Å². The standard InChI is InChI=1S/C16H13ClFN5/c17-10-5-7-11(8-6-10)22-15-14(19)16(21-9-20-15)23-13-4-2-1-3-12(13)18/h1-9H,19H2,(H2,20,21,22,23). The molecule has 23 heavy (non-hydrogen) atoms. The van der Waals surface area contributed by atoms with Gasteiger partial charge in [-0.25, -0.2) is 14.4 Å². The zero-order valence-corrected chi connectivity index (χ0v) is 12.7. The van der Waals surface area contributed by atoms with Crippen molar-refractivity contribution in [3.63, 3.8) is 0 Å². The average Bonchev–Trinajstić information content (AvgIpc) is 2.55. The summed E-state index contributed by atoms with van der Waals surface area (Å²) in [6.07, 6.45) is 1.35. The summed E-state index contributed by atoms with van der Waals surface area (Å²) in [7, 11) is 0. The summed E-state index contributed by atoms with van der Waals surface area (Å²) >= 11 is 5.85. The molecule has 1 aromatic heterocycles. The lowest BCUT2D eigenvalue weighted by molar-refractivity contribution is 0.632. The molecule has 4 N–H and O–H groups in total. The molecule has 116 valence electrons. The Morgan fingerprint density at radius 2 is 1.57 bits per heavy atom. The Morgan fingerprint density at radius 3 is 2.26 bits per heavy atom. The van der Waals surface area contributed by atoms with Crippen LogP contribution in [0.25, 0.3) is 0 Å². The highest BCUT2D eigenvalue weighted by molar-refractivity contribution is 6.30. The minimum atomic E-state index is -0.391. The molecule has 7 heteroatoms. The first kappa shape index (κ1) is 15.1. The number of aromatic nitrogens is 2. The van der Waals surface area contributed by atoms with Crippen LogP contribution in [0.15, 0.2) is 54.9 Å². The number of hydrogen-bond donors (Lipinski definition) is 3. The molecule has 2 aromatic carbocycles. The van der Waals surface area contributed by atoms with Crippen molar-refractivity contribution in [1.29, 1.82) is 0 Å². The second-order valence-electron chi connectivity index (χ2n) is 4.72. The maximum Gasteiger partial charge on any atom is 0.159 e. The van der Waals surface area contributed by atoms with Gasteiger partial charge in [0.2, 0.25) is 0 Å². The second-order valence-corrected chi connectivity index (χ2v) is 5.16. The summed E-state index contributed by atoms with van der Waals surface area (Å²) < 4.78 is 13.7. The van der Waals surface area contributed by atoms with Crippen LogP contribution in [0.5, 0.6) is 0 Å². The largest absolute Gasteiger partial charge is 0.393 e. The summed E-state index contributed by atoms with van der Waals surface area (Å²) in [6.45, 7) is 0. The van der Waals surface area contributed by atoms with Gasteiger partial charge in [0.05, 0.1) is 5.69 Å². The van der Waals surface area contributed by atoms with Crippen molar-refractivity contribution < 1.29 is 4.39 Å². The third-order valence-corrected chi connectivity index (χ3v) is 3.37. The highest BCUT2D eigenvalue weighted by Gasteiger charge is 2.10. The van der Waals surface area contributed by atoms with E-state index in [0.717, 1.165) is 5.69 Å². The molecule has 0 amide bonds. The first-order chi connectivity index (χ1) is 11.1. The smallest absolute Gasteiger partial charge is 0.159 e.